The van der Waals surface area contributed by atoms with Gasteiger partial charge in [0.25, 0.3) is 0 Å². The Morgan fingerprint density at radius 3 is 2.52 bits per heavy atom. The molecule has 1 N–H and O–H groups in total. The number of amides is 1. The van der Waals surface area contributed by atoms with Gasteiger partial charge in [0.15, 0.2) is 0 Å². The fourth-order valence-corrected chi connectivity index (χ4v) is 3.11. The van der Waals surface area contributed by atoms with Gasteiger partial charge in [-0.3, -0.25) is 4.79 Å². The van der Waals surface area contributed by atoms with Gasteiger partial charge >= 0.3 is 0 Å². The van der Waals surface area contributed by atoms with Crippen LogP contribution in [0.4, 0.5) is 0 Å². The molecule has 108 valence electrons. The van der Waals surface area contributed by atoms with Crippen LogP contribution in [-0.2, 0) is 16.8 Å². The second-order valence-corrected chi connectivity index (χ2v) is 6.75. The molecule has 0 aliphatic heterocycles. The number of carbonyl (C=O) groups excluding carboxylic acids is 1. The van der Waals surface area contributed by atoms with E-state index in [1.165, 1.54) is 0 Å². The van der Waals surface area contributed by atoms with Gasteiger partial charge in [-0.1, -0.05) is 51.8 Å². The van der Waals surface area contributed by atoms with Crippen LogP contribution in [0.15, 0.2) is 53.0 Å². The van der Waals surface area contributed by atoms with Crippen LogP contribution < -0.4 is 5.32 Å². The Bertz CT molecular complexity index is 665. The first kappa shape index (κ1) is 14.6. The molecule has 0 bridgehead atoms. The minimum atomic E-state index is -0.351. The predicted molar refractivity (Wildman–Crippen MR) is 88.4 cm³/mol. The van der Waals surface area contributed by atoms with Crippen LogP contribution in [0.2, 0.25) is 5.02 Å². The van der Waals surface area contributed by atoms with Gasteiger partial charge in [0, 0.05) is 16.0 Å². The molecular formula is C17H15BrClNO. The molecule has 1 fully saturated rings. The lowest BCUT2D eigenvalue weighted by atomic mass is 9.95. The lowest BCUT2D eigenvalue weighted by Crippen LogP contribution is -2.34. The monoisotopic (exact) mass is 363 g/mol. The summed E-state index contributed by atoms with van der Waals surface area (Å²) in [6.07, 6.45) is 1.80. The number of hydrogen-bond donors (Lipinski definition) is 1. The Morgan fingerprint density at radius 1 is 1.19 bits per heavy atom. The zero-order valence-electron chi connectivity index (χ0n) is 11.4. The number of hydrogen-bond acceptors (Lipinski definition) is 1. The molecule has 3 rings (SSSR count). The van der Waals surface area contributed by atoms with Crippen molar-refractivity contribution in [3.63, 3.8) is 0 Å². The van der Waals surface area contributed by atoms with E-state index in [2.05, 4.69) is 21.2 Å². The summed E-state index contributed by atoms with van der Waals surface area (Å²) in [5.74, 6) is 0.102. The molecular weight excluding hydrogens is 350 g/mol. The van der Waals surface area contributed by atoms with Crippen molar-refractivity contribution in [2.24, 2.45) is 0 Å². The highest BCUT2D eigenvalue weighted by Crippen LogP contribution is 2.48. The number of nitrogens with one attached hydrogen (secondary N) is 1. The maximum Gasteiger partial charge on any atom is 0.230 e. The molecule has 0 radical (unpaired) electrons. The number of benzene rings is 2. The Kier molecular flexibility index (Phi) is 4.05. The van der Waals surface area contributed by atoms with E-state index in [0.29, 0.717) is 11.6 Å². The summed E-state index contributed by atoms with van der Waals surface area (Å²) in [6.45, 7) is 0.549. The highest BCUT2D eigenvalue weighted by molar-refractivity contribution is 9.10. The van der Waals surface area contributed by atoms with Crippen LogP contribution in [0.25, 0.3) is 0 Å². The third-order valence-electron chi connectivity index (χ3n) is 3.92. The maximum atomic E-state index is 12.5. The molecule has 1 aliphatic rings. The Hall–Kier alpha value is -1.32. The quantitative estimate of drug-likeness (QED) is 0.853. The summed E-state index contributed by atoms with van der Waals surface area (Å²) < 4.78 is 1.02. The SMILES string of the molecule is O=C(NCc1cccc(Br)c1)C1(c2ccc(Cl)cc2)CC1. The fourth-order valence-electron chi connectivity index (χ4n) is 2.54. The standard InChI is InChI=1S/C17H15BrClNO/c18-14-3-1-2-12(10-14)11-20-16(21)17(8-9-17)13-4-6-15(19)7-5-13/h1-7,10H,8-9,11H2,(H,20,21). The number of rotatable bonds is 4. The summed E-state index contributed by atoms with van der Waals surface area (Å²) in [4.78, 5) is 12.5. The number of halogens is 2. The van der Waals surface area contributed by atoms with E-state index in [1.807, 2.05) is 48.5 Å². The third kappa shape index (κ3) is 3.14. The highest BCUT2D eigenvalue weighted by atomic mass is 79.9. The van der Waals surface area contributed by atoms with Gasteiger partial charge in [-0.05, 0) is 48.2 Å². The van der Waals surface area contributed by atoms with Crippen molar-refractivity contribution in [1.29, 1.82) is 0 Å². The van der Waals surface area contributed by atoms with Crippen LogP contribution >= 0.6 is 27.5 Å². The minimum Gasteiger partial charge on any atom is -0.351 e. The zero-order chi connectivity index (χ0) is 14.9. The van der Waals surface area contributed by atoms with Crippen molar-refractivity contribution in [2.75, 3.05) is 0 Å². The van der Waals surface area contributed by atoms with Crippen LogP contribution in [0, 0.1) is 0 Å². The van der Waals surface area contributed by atoms with E-state index in [9.17, 15) is 4.79 Å². The third-order valence-corrected chi connectivity index (χ3v) is 4.67. The van der Waals surface area contributed by atoms with Gasteiger partial charge in [-0.15, -0.1) is 0 Å². The van der Waals surface area contributed by atoms with E-state index in [1.54, 1.807) is 0 Å². The smallest absolute Gasteiger partial charge is 0.230 e. The fraction of sp³-hybridized carbons (Fsp3) is 0.235. The van der Waals surface area contributed by atoms with Crippen LogP contribution in [0.3, 0.4) is 0 Å². The molecule has 21 heavy (non-hydrogen) atoms. The molecule has 0 heterocycles. The van der Waals surface area contributed by atoms with Gasteiger partial charge in [0.2, 0.25) is 5.91 Å². The van der Waals surface area contributed by atoms with Gasteiger partial charge in [0.1, 0.15) is 0 Å². The molecule has 1 saturated carbocycles. The second kappa shape index (κ2) is 5.82. The molecule has 0 aromatic heterocycles. The minimum absolute atomic E-state index is 0.102. The molecule has 1 amide bonds. The first-order chi connectivity index (χ1) is 10.1. The summed E-state index contributed by atoms with van der Waals surface area (Å²) in [6, 6.07) is 15.6. The average molecular weight is 365 g/mol. The lowest BCUT2D eigenvalue weighted by Gasteiger charge is -2.16. The van der Waals surface area contributed by atoms with Crippen LogP contribution in [-0.4, -0.2) is 5.91 Å². The van der Waals surface area contributed by atoms with E-state index >= 15 is 0 Å². The maximum absolute atomic E-state index is 12.5. The van der Waals surface area contributed by atoms with Crippen molar-refractivity contribution in [1.82, 2.24) is 5.32 Å². The molecule has 0 unspecified atom stereocenters. The summed E-state index contributed by atoms with van der Waals surface area (Å²) in [5, 5.41) is 3.75. The summed E-state index contributed by atoms with van der Waals surface area (Å²) in [5.41, 5.74) is 1.79. The van der Waals surface area contributed by atoms with E-state index in [-0.39, 0.29) is 11.3 Å². The molecule has 2 nitrogen and oxygen atoms in total. The van der Waals surface area contributed by atoms with Crippen molar-refractivity contribution in [3.8, 4) is 0 Å². The van der Waals surface area contributed by atoms with Crippen LogP contribution in [0.1, 0.15) is 24.0 Å². The lowest BCUT2D eigenvalue weighted by molar-refractivity contribution is -0.123. The summed E-state index contributed by atoms with van der Waals surface area (Å²) >= 11 is 9.35. The average Bonchev–Trinajstić information content (AvgIpc) is 3.27. The van der Waals surface area contributed by atoms with E-state index < -0.39 is 0 Å². The van der Waals surface area contributed by atoms with Gasteiger partial charge in [0.05, 0.1) is 5.41 Å². The Balaban J connectivity index is 1.69. The van der Waals surface area contributed by atoms with Gasteiger partial charge in [-0.25, -0.2) is 0 Å². The molecule has 0 spiro atoms. The predicted octanol–water partition coefficient (Wildman–Crippen LogP) is 4.45. The molecule has 1 aliphatic carbocycles. The second-order valence-electron chi connectivity index (χ2n) is 5.40. The Labute approximate surface area is 137 Å². The first-order valence-corrected chi connectivity index (χ1v) is 8.06. The Morgan fingerprint density at radius 2 is 1.90 bits per heavy atom. The van der Waals surface area contributed by atoms with Crippen molar-refractivity contribution < 1.29 is 4.79 Å². The van der Waals surface area contributed by atoms with Gasteiger partial charge in [-0.2, -0.15) is 0 Å². The molecule has 2 aromatic carbocycles. The molecule has 0 saturated heterocycles. The topological polar surface area (TPSA) is 29.1 Å². The largest absolute Gasteiger partial charge is 0.351 e. The zero-order valence-corrected chi connectivity index (χ0v) is 13.7. The molecule has 2 aromatic rings. The van der Waals surface area contributed by atoms with Gasteiger partial charge < -0.3 is 5.32 Å². The highest BCUT2D eigenvalue weighted by Gasteiger charge is 2.50. The number of carbonyl (C=O) groups is 1. The normalized spacial score (nSPS) is 15.5. The molecule has 0 atom stereocenters. The van der Waals surface area contributed by atoms with Crippen molar-refractivity contribution in [3.05, 3.63) is 69.2 Å². The van der Waals surface area contributed by atoms with E-state index in [0.717, 1.165) is 28.4 Å². The van der Waals surface area contributed by atoms with E-state index in [4.69, 9.17) is 11.6 Å². The first-order valence-electron chi connectivity index (χ1n) is 6.89. The van der Waals surface area contributed by atoms with Crippen LogP contribution in [0.5, 0.6) is 0 Å². The summed E-state index contributed by atoms with van der Waals surface area (Å²) in [7, 11) is 0. The van der Waals surface area contributed by atoms with Crippen molar-refractivity contribution in [2.45, 2.75) is 24.8 Å². The molecule has 4 heteroatoms. The van der Waals surface area contributed by atoms with Crippen molar-refractivity contribution >= 4 is 33.4 Å².